The first-order valence-electron chi connectivity index (χ1n) is 21.2. The molecule has 10 aromatic rings. The molecule has 0 N–H and O–H groups in total. The smallest absolute Gasteiger partial charge is 0.0566 e. The summed E-state index contributed by atoms with van der Waals surface area (Å²) in [5, 5.41) is 10.6. The zero-order valence-corrected chi connectivity index (χ0v) is 35.7. The number of benzene rings is 8. The summed E-state index contributed by atoms with van der Waals surface area (Å²) < 4.78 is 5.52. The average Bonchev–Trinajstić information content (AvgIpc) is 3.82. The van der Waals surface area contributed by atoms with E-state index in [2.05, 4.69) is 201 Å². The Bertz CT molecular complexity index is 3620. The van der Waals surface area contributed by atoms with Crippen molar-refractivity contribution in [2.45, 2.75) is 51.0 Å². The van der Waals surface area contributed by atoms with Crippen molar-refractivity contribution < 1.29 is 0 Å². The number of para-hydroxylation sites is 2. The van der Waals surface area contributed by atoms with Crippen molar-refractivity contribution in [2.75, 3.05) is 9.80 Å². The van der Waals surface area contributed by atoms with Gasteiger partial charge in [0.15, 0.2) is 0 Å². The quantitative estimate of drug-likeness (QED) is 0.172. The molecule has 2 nitrogen and oxygen atoms in total. The summed E-state index contributed by atoms with van der Waals surface area (Å²) in [6, 6.07) is 57.5. The lowest BCUT2D eigenvalue weighted by Crippen LogP contribution is -2.42. The summed E-state index contributed by atoms with van der Waals surface area (Å²) in [5.74, 6) is 0. The topological polar surface area (TPSA) is 6.48 Å². The molecule has 0 radical (unpaired) electrons. The van der Waals surface area contributed by atoms with Crippen LogP contribution in [0, 0.1) is 0 Å². The van der Waals surface area contributed by atoms with Crippen LogP contribution in [0.1, 0.15) is 56.4 Å². The SMILES string of the molecule is CC1(C)c2ccccc2N(c2ccc3ccccc3c2)c2ccc3c(sc4cc5c(cc43)sc3c4c(ccc35)N(C3C=c5ccccc5=CC3)c3ccccc3C4(C)C)c21. The van der Waals surface area contributed by atoms with E-state index in [1.807, 2.05) is 22.7 Å². The van der Waals surface area contributed by atoms with Gasteiger partial charge in [-0.2, -0.15) is 0 Å². The minimum Gasteiger partial charge on any atom is -0.334 e. The first-order valence-corrected chi connectivity index (χ1v) is 22.8. The Labute approximate surface area is 357 Å². The molecule has 2 aliphatic heterocycles. The predicted molar refractivity (Wildman–Crippen MR) is 260 cm³/mol. The fraction of sp³-hybridized carbons (Fsp3) is 0.143. The van der Waals surface area contributed by atoms with Crippen LogP contribution < -0.4 is 20.2 Å². The molecular weight excluding hydrogens is 765 g/mol. The van der Waals surface area contributed by atoms with E-state index < -0.39 is 0 Å². The molecule has 0 saturated heterocycles. The first kappa shape index (κ1) is 34.6. The molecule has 2 aromatic heterocycles. The number of rotatable bonds is 2. The third-order valence-corrected chi connectivity index (χ3v) is 16.4. The second-order valence-electron chi connectivity index (χ2n) is 18.0. The minimum atomic E-state index is -0.188. The second kappa shape index (κ2) is 12.2. The molecule has 0 saturated carbocycles. The summed E-state index contributed by atoms with van der Waals surface area (Å²) >= 11 is 3.96. The maximum atomic E-state index is 2.64. The summed E-state index contributed by atoms with van der Waals surface area (Å²) in [4.78, 5) is 5.15. The van der Waals surface area contributed by atoms with Crippen LogP contribution in [0.5, 0.6) is 0 Å². The molecule has 288 valence electrons. The van der Waals surface area contributed by atoms with Crippen molar-refractivity contribution in [1.82, 2.24) is 0 Å². The zero-order valence-electron chi connectivity index (χ0n) is 34.1. The lowest BCUT2D eigenvalue weighted by atomic mass is 9.72. The van der Waals surface area contributed by atoms with Gasteiger partial charge in [0.25, 0.3) is 0 Å². The maximum absolute atomic E-state index is 2.64. The summed E-state index contributed by atoms with van der Waals surface area (Å²) in [6.07, 6.45) is 5.89. The van der Waals surface area contributed by atoms with E-state index in [1.165, 1.54) is 112 Å². The lowest BCUT2D eigenvalue weighted by molar-refractivity contribution is 0.625. The molecule has 0 fully saturated rings. The molecule has 1 atom stereocenters. The van der Waals surface area contributed by atoms with Gasteiger partial charge in [0.2, 0.25) is 0 Å². The van der Waals surface area contributed by atoms with Crippen LogP contribution in [0.2, 0.25) is 0 Å². The van der Waals surface area contributed by atoms with E-state index in [0.29, 0.717) is 0 Å². The summed E-state index contributed by atoms with van der Waals surface area (Å²) in [7, 11) is 0. The van der Waals surface area contributed by atoms with Gasteiger partial charge in [-0.25, -0.2) is 0 Å². The van der Waals surface area contributed by atoms with Crippen LogP contribution in [0.15, 0.2) is 152 Å². The molecular formula is C56H42N2S2. The molecule has 1 unspecified atom stereocenters. The maximum Gasteiger partial charge on any atom is 0.0566 e. The first-order chi connectivity index (χ1) is 29.3. The van der Waals surface area contributed by atoms with E-state index >= 15 is 0 Å². The van der Waals surface area contributed by atoms with Crippen LogP contribution in [-0.4, -0.2) is 6.04 Å². The third kappa shape index (κ3) is 4.64. The van der Waals surface area contributed by atoms with E-state index in [9.17, 15) is 0 Å². The molecule has 8 aromatic carbocycles. The Balaban J connectivity index is 1.01. The molecule has 0 amide bonds. The van der Waals surface area contributed by atoms with Gasteiger partial charge in [0, 0.05) is 79.4 Å². The number of fused-ring (bicyclic) bond motifs is 14. The number of nitrogens with zero attached hydrogens (tertiary/aromatic N) is 2. The largest absolute Gasteiger partial charge is 0.334 e. The average molecular weight is 807 g/mol. The second-order valence-corrected chi connectivity index (χ2v) is 20.1. The van der Waals surface area contributed by atoms with E-state index in [4.69, 9.17) is 0 Å². The van der Waals surface area contributed by atoms with Gasteiger partial charge in [-0.1, -0.05) is 143 Å². The van der Waals surface area contributed by atoms with E-state index in [0.717, 1.165) is 6.42 Å². The Morgan fingerprint density at radius 1 is 0.483 bits per heavy atom. The standard InChI is InChI=1S/C56H42N2S2/c1-55(2)43-17-9-11-19-45(43)57(37-23-21-33-13-5-7-15-35(33)29-37)47-27-25-39-41-31-50-42(32-49(41)59-53(39)51(47)55)40-26-28-48-52(54(40)60-50)56(3,4)44-18-10-12-20-46(44)58(48)38-24-22-34-14-6-8-16-36(34)30-38/h5-23,25-32,38H,24H2,1-4H3. The number of thiophene rings is 2. The van der Waals surface area contributed by atoms with Crippen molar-refractivity contribution in [2.24, 2.45) is 0 Å². The highest BCUT2D eigenvalue weighted by molar-refractivity contribution is 7.27. The van der Waals surface area contributed by atoms with Gasteiger partial charge in [-0.3, -0.25) is 0 Å². The fourth-order valence-corrected chi connectivity index (χ4v) is 14.0. The van der Waals surface area contributed by atoms with Gasteiger partial charge in [0.1, 0.15) is 0 Å². The number of hydrogen-bond donors (Lipinski definition) is 0. The monoisotopic (exact) mass is 806 g/mol. The van der Waals surface area contributed by atoms with Crippen LogP contribution in [0.3, 0.4) is 0 Å². The van der Waals surface area contributed by atoms with Crippen LogP contribution >= 0.6 is 22.7 Å². The molecule has 3 aliphatic rings. The van der Waals surface area contributed by atoms with Crippen molar-refractivity contribution >= 4 is 114 Å². The van der Waals surface area contributed by atoms with Crippen LogP contribution in [-0.2, 0) is 10.8 Å². The van der Waals surface area contributed by atoms with Gasteiger partial charge in [0.05, 0.1) is 17.4 Å². The lowest BCUT2D eigenvalue weighted by Gasteiger charge is -2.45. The molecule has 13 rings (SSSR count). The van der Waals surface area contributed by atoms with Crippen molar-refractivity contribution in [1.29, 1.82) is 0 Å². The highest BCUT2D eigenvalue weighted by Crippen LogP contribution is 2.58. The Kier molecular flexibility index (Phi) is 7.04. The molecule has 4 heterocycles. The minimum absolute atomic E-state index is 0.166. The van der Waals surface area contributed by atoms with E-state index in [1.54, 1.807) is 0 Å². The normalized spacial score (nSPS) is 17.2. The summed E-state index contributed by atoms with van der Waals surface area (Å²) in [6.45, 7) is 9.72. The molecule has 60 heavy (non-hydrogen) atoms. The van der Waals surface area contributed by atoms with E-state index in [-0.39, 0.29) is 16.9 Å². The van der Waals surface area contributed by atoms with Crippen molar-refractivity contribution in [3.05, 3.63) is 184 Å². The molecule has 4 heteroatoms. The van der Waals surface area contributed by atoms with Gasteiger partial charge in [-0.05, 0) is 87.3 Å². The molecule has 0 spiro atoms. The fourth-order valence-electron chi connectivity index (χ4n) is 11.2. The number of hydrogen-bond acceptors (Lipinski definition) is 4. The Morgan fingerprint density at radius 3 is 1.77 bits per heavy atom. The van der Waals surface area contributed by atoms with Crippen LogP contribution in [0.4, 0.5) is 28.4 Å². The predicted octanol–water partition coefficient (Wildman–Crippen LogP) is 14.5. The number of anilines is 5. The van der Waals surface area contributed by atoms with Gasteiger partial charge < -0.3 is 9.80 Å². The van der Waals surface area contributed by atoms with Crippen molar-refractivity contribution in [3.63, 3.8) is 0 Å². The molecule has 0 bridgehead atoms. The van der Waals surface area contributed by atoms with Crippen LogP contribution in [0.25, 0.3) is 63.3 Å². The highest BCUT2D eigenvalue weighted by Gasteiger charge is 2.41. The highest BCUT2D eigenvalue weighted by atomic mass is 32.1. The van der Waals surface area contributed by atoms with Gasteiger partial charge >= 0.3 is 0 Å². The summed E-state index contributed by atoms with van der Waals surface area (Å²) in [5.41, 5.74) is 11.7. The molecule has 1 aliphatic carbocycles. The van der Waals surface area contributed by atoms with Gasteiger partial charge in [-0.15, -0.1) is 22.7 Å². The Hall–Kier alpha value is -6.20. The Morgan fingerprint density at radius 2 is 1.05 bits per heavy atom. The zero-order chi connectivity index (χ0) is 40.1. The van der Waals surface area contributed by atoms with Crippen molar-refractivity contribution in [3.8, 4) is 0 Å². The third-order valence-electron chi connectivity index (χ3n) is 14.0.